The van der Waals surface area contributed by atoms with E-state index < -0.39 is 0 Å². The normalized spacial score (nSPS) is 16.3. The fourth-order valence-corrected chi connectivity index (χ4v) is 1.95. The molecule has 0 bridgehead atoms. The van der Waals surface area contributed by atoms with E-state index in [9.17, 15) is 4.79 Å². The number of hydrogen-bond donors (Lipinski definition) is 1. The highest BCUT2D eigenvalue weighted by Crippen LogP contribution is 2.17. The molecule has 0 atom stereocenters. The van der Waals surface area contributed by atoms with Crippen molar-refractivity contribution in [3.05, 3.63) is 53.9 Å². The van der Waals surface area contributed by atoms with E-state index in [4.69, 9.17) is 0 Å². The van der Waals surface area contributed by atoms with E-state index in [1.807, 2.05) is 36.4 Å². The molecular weight excluding hydrogens is 240 g/mol. The Bertz CT molecular complexity index is 626. The number of fused-ring (bicyclic) bond motifs is 1. The zero-order valence-electron chi connectivity index (χ0n) is 10.2. The molecule has 0 radical (unpaired) electrons. The van der Waals surface area contributed by atoms with Gasteiger partial charge in [0, 0.05) is 18.2 Å². The molecule has 1 amide bonds. The molecule has 1 N–H and O–H groups in total. The van der Waals surface area contributed by atoms with Crippen LogP contribution in [0.4, 0.5) is 0 Å². The van der Waals surface area contributed by atoms with Crippen LogP contribution < -0.4 is 5.32 Å². The topological polar surface area (TPSA) is 66.7 Å². The molecule has 0 saturated heterocycles. The molecule has 1 aromatic rings. The number of allylic oxidation sites excluding steroid dienone is 3. The predicted molar refractivity (Wildman–Crippen MR) is 72.8 cm³/mol. The van der Waals surface area contributed by atoms with Crippen LogP contribution in [0.3, 0.4) is 0 Å². The zero-order valence-corrected chi connectivity index (χ0v) is 10.2. The summed E-state index contributed by atoms with van der Waals surface area (Å²) >= 11 is 0. The fraction of sp³-hybridized carbons (Fsp3) is 0.143. The number of hydrogen-bond acceptors (Lipinski definition) is 4. The van der Waals surface area contributed by atoms with E-state index >= 15 is 0 Å². The van der Waals surface area contributed by atoms with E-state index in [1.54, 1.807) is 6.20 Å². The number of nitrogens with zero attached hydrogens (tertiary/aromatic N) is 3. The third-order valence-electron chi connectivity index (χ3n) is 2.92. The van der Waals surface area contributed by atoms with Crippen LogP contribution in [0.5, 0.6) is 0 Å². The van der Waals surface area contributed by atoms with Crippen molar-refractivity contribution in [2.24, 2.45) is 10.2 Å². The SMILES string of the molecule is O=C(NCc1ccccn1)C1=NN=C2CC=CC=C21. The van der Waals surface area contributed by atoms with E-state index in [0.29, 0.717) is 12.3 Å². The molecule has 0 aromatic carbocycles. The van der Waals surface area contributed by atoms with Crippen LogP contribution in [0, 0.1) is 0 Å². The lowest BCUT2D eigenvalue weighted by Crippen LogP contribution is -2.32. The monoisotopic (exact) mass is 252 g/mol. The van der Waals surface area contributed by atoms with Gasteiger partial charge in [0.1, 0.15) is 0 Å². The van der Waals surface area contributed by atoms with E-state index in [2.05, 4.69) is 20.5 Å². The summed E-state index contributed by atoms with van der Waals surface area (Å²) in [6, 6.07) is 5.59. The molecule has 2 heterocycles. The summed E-state index contributed by atoms with van der Waals surface area (Å²) in [7, 11) is 0. The van der Waals surface area contributed by atoms with Gasteiger partial charge >= 0.3 is 0 Å². The van der Waals surface area contributed by atoms with Crippen LogP contribution in [0.25, 0.3) is 0 Å². The molecule has 19 heavy (non-hydrogen) atoms. The third kappa shape index (κ3) is 2.35. The van der Waals surface area contributed by atoms with Gasteiger partial charge in [-0.1, -0.05) is 24.3 Å². The van der Waals surface area contributed by atoms with Crippen LogP contribution in [0.2, 0.25) is 0 Å². The second kappa shape index (κ2) is 4.97. The Kier molecular flexibility index (Phi) is 3.02. The number of aromatic nitrogens is 1. The van der Waals surface area contributed by atoms with Crippen molar-refractivity contribution in [2.75, 3.05) is 0 Å². The summed E-state index contributed by atoms with van der Waals surface area (Å²) in [5, 5.41) is 10.8. The molecule has 1 aromatic heterocycles. The summed E-state index contributed by atoms with van der Waals surface area (Å²) in [6.07, 6.45) is 8.21. The van der Waals surface area contributed by atoms with Crippen LogP contribution in [0.1, 0.15) is 12.1 Å². The second-order valence-electron chi connectivity index (χ2n) is 4.21. The first-order chi connectivity index (χ1) is 9.34. The summed E-state index contributed by atoms with van der Waals surface area (Å²) < 4.78 is 0. The zero-order chi connectivity index (χ0) is 13.1. The number of nitrogens with one attached hydrogen (secondary N) is 1. The summed E-state index contributed by atoms with van der Waals surface area (Å²) in [4.78, 5) is 16.2. The standard InChI is InChI=1S/C14H12N4O/c19-14(16-9-10-5-3-4-8-15-10)13-11-6-1-2-7-12(11)17-18-13/h1-6,8H,7,9H2,(H,16,19). The molecule has 0 unspecified atom stereocenters. The van der Waals surface area contributed by atoms with Gasteiger partial charge < -0.3 is 5.32 Å². The minimum absolute atomic E-state index is 0.217. The first-order valence-electron chi connectivity index (χ1n) is 6.05. The Balaban J connectivity index is 1.66. The van der Waals surface area contributed by atoms with Crippen molar-refractivity contribution in [2.45, 2.75) is 13.0 Å². The van der Waals surface area contributed by atoms with Gasteiger partial charge in [-0.25, -0.2) is 0 Å². The maximum atomic E-state index is 12.1. The quantitative estimate of drug-likeness (QED) is 0.883. The first-order valence-corrected chi connectivity index (χ1v) is 6.05. The van der Waals surface area contributed by atoms with Crippen LogP contribution in [0.15, 0.2) is 58.4 Å². The van der Waals surface area contributed by atoms with Gasteiger partial charge in [0.25, 0.3) is 5.91 Å². The second-order valence-corrected chi connectivity index (χ2v) is 4.21. The number of carbonyl (C=O) groups excluding carboxylic acids is 1. The Hall–Kier alpha value is -2.56. The Labute approximate surface area is 110 Å². The molecule has 94 valence electrons. The Morgan fingerprint density at radius 1 is 1.32 bits per heavy atom. The number of rotatable bonds is 3. The minimum Gasteiger partial charge on any atom is -0.345 e. The highest BCUT2D eigenvalue weighted by atomic mass is 16.2. The van der Waals surface area contributed by atoms with Crippen molar-refractivity contribution in [3.8, 4) is 0 Å². The summed E-state index contributed by atoms with van der Waals surface area (Å²) in [5.41, 5.74) is 2.87. The molecular formula is C14H12N4O. The molecule has 0 spiro atoms. The van der Waals surface area contributed by atoms with Gasteiger partial charge in [-0.2, -0.15) is 5.10 Å². The molecule has 3 rings (SSSR count). The van der Waals surface area contributed by atoms with Crippen molar-refractivity contribution in [1.29, 1.82) is 0 Å². The largest absolute Gasteiger partial charge is 0.345 e. The maximum Gasteiger partial charge on any atom is 0.272 e. The number of amides is 1. The molecule has 1 aliphatic heterocycles. The first kappa shape index (κ1) is 11.5. The smallest absolute Gasteiger partial charge is 0.272 e. The van der Waals surface area contributed by atoms with Gasteiger partial charge in [-0.05, 0) is 12.1 Å². The van der Waals surface area contributed by atoms with E-state index in [1.165, 1.54) is 0 Å². The van der Waals surface area contributed by atoms with Crippen molar-refractivity contribution < 1.29 is 4.79 Å². The van der Waals surface area contributed by atoms with Gasteiger partial charge in [0.2, 0.25) is 0 Å². The average molecular weight is 252 g/mol. The van der Waals surface area contributed by atoms with Crippen LogP contribution >= 0.6 is 0 Å². The van der Waals surface area contributed by atoms with Gasteiger partial charge in [0.15, 0.2) is 5.71 Å². The highest BCUT2D eigenvalue weighted by Gasteiger charge is 2.25. The molecule has 5 nitrogen and oxygen atoms in total. The van der Waals surface area contributed by atoms with Gasteiger partial charge in [0.05, 0.1) is 18.0 Å². The van der Waals surface area contributed by atoms with Crippen molar-refractivity contribution in [3.63, 3.8) is 0 Å². The summed E-state index contributed by atoms with van der Waals surface area (Å²) in [6.45, 7) is 0.386. The molecule has 5 heteroatoms. The van der Waals surface area contributed by atoms with Gasteiger partial charge in [-0.3, -0.25) is 9.78 Å². The fourth-order valence-electron chi connectivity index (χ4n) is 1.95. The number of pyridine rings is 1. The molecule has 1 aliphatic carbocycles. The lowest BCUT2D eigenvalue weighted by atomic mass is 9.98. The third-order valence-corrected chi connectivity index (χ3v) is 2.92. The molecule has 0 saturated carbocycles. The van der Waals surface area contributed by atoms with Gasteiger partial charge in [-0.15, -0.1) is 5.10 Å². The minimum atomic E-state index is -0.217. The molecule has 2 aliphatic rings. The predicted octanol–water partition coefficient (Wildman–Crippen LogP) is 1.39. The Morgan fingerprint density at radius 3 is 3.11 bits per heavy atom. The van der Waals surface area contributed by atoms with Crippen LogP contribution in [-0.2, 0) is 11.3 Å². The lowest BCUT2D eigenvalue weighted by molar-refractivity contribution is -0.114. The summed E-state index contributed by atoms with van der Waals surface area (Å²) in [5.74, 6) is -0.217. The average Bonchev–Trinajstić information content (AvgIpc) is 2.90. The Morgan fingerprint density at radius 2 is 2.26 bits per heavy atom. The van der Waals surface area contributed by atoms with Crippen molar-refractivity contribution >= 4 is 17.3 Å². The van der Waals surface area contributed by atoms with E-state index in [0.717, 1.165) is 23.4 Å². The lowest BCUT2D eigenvalue weighted by Gasteiger charge is -2.08. The van der Waals surface area contributed by atoms with E-state index in [-0.39, 0.29) is 5.91 Å². The highest BCUT2D eigenvalue weighted by molar-refractivity contribution is 6.53. The van der Waals surface area contributed by atoms with Crippen molar-refractivity contribution in [1.82, 2.24) is 10.3 Å². The maximum absolute atomic E-state index is 12.1. The number of carbonyl (C=O) groups is 1. The van der Waals surface area contributed by atoms with Crippen LogP contribution in [-0.4, -0.2) is 22.3 Å². The molecule has 0 fully saturated rings.